The Morgan fingerprint density at radius 1 is 1.55 bits per heavy atom. The van der Waals surface area contributed by atoms with Gasteiger partial charge in [-0.15, -0.1) is 0 Å². The lowest BCUT2D eigenvalue weighted by molar-refractivity contribution is -0.119. The highest BCUT2D eigenvalue weighted by atomic mass is 16.5. The molecule has 0 aliphatic carbocycles. The van der Waals surface area contributed by atoms with Crippen LogP contribution in [-0.4, -0.2) is 43.3 Å². The molecule has 7 nitrogen and oxygen atoms in total. The van der Waals surface area contributed by atoms with Crippen molar-refractivity contribution in [1.29, 1.82) is 0 Å². The van der Waals surface area contributed by atoms with Gasteiger partial charge in [-0.25, -0.2) is 4.98 Å². The summed E-state index contributed by atoms with van der Waals surface area (Å²) in [5.41, 5.74) is 0.312. The van der Waals surface area contributed by atoms with Crippen molar-refractivity contribution in [3.63, 3.8) is 0 Å². The van der Waals surface area contributed by atoms with Gasteiger partial charge in [-0.2, -0.15) is 0 Å². The number of carbonyl (C=O) groups is 3. The molecule has 0 saturated heterocycles. The molecular weight excluding hydrogens is 262 g/mol. The number of methoxy groups -OCH3 is 1. The number of amides is 2. The first-order chi connectivity index (χ1) is 9.63. The maximum absolute atomic E-state index is 11.7. The molecule has 7 heteroatoms. The topological polar surface area (TPSA) is 88.6 Å². The second kappa shape index (κ2) is 7.80. The molecule has 0 aliphatic rings. The zero-order valence-corrected chi connectivity index (χ0v) is 11.0. The van der Waals surface area contributed by atoms with E-state index >= 15 is 0 Å². The molecule has 20 heavy (non-hydrogen) atoms. The van der Waals surface area contributed by atoms with Crippen LogP contribution in [0.3, 0.4) is 0 Å². The van der Waals surface area contributed by atoms with E-state index in [9.17, 15) is 14.4 Å². The first kappa shape index (κ1) is 15.5. The maximum atomic E-state index is 11.7. The normalized spacial score (nSPS) is 9.65. The minimum absolute atomic E-state index is 0.128. The molecule has 0 aromatic carbocycles. The maximum Gasteiger partial charge on any atom is 0.252 e. The third kappa shape index (κ3) is 3.99. The van der Waals surface area contributed by atoms with E-state index in [2.05, 4.69) is 16.9 Å². The summed E-state index contributed by atoms with van der Waals surface area (Å²) in [7, 11) is 1.39. The standard InChI is InChI=1S/C13H15N3O4/c1-3-12(19)16(7-8-17)13-10(5-4-6-14-13)15-11(18)9-20-2/h3-6,8H,1,7,9H2,2H3,(H,15,18). The van der Waals surface area contributed by atoms with Crippen LogP contribution in [0.15, 0.2) is 31.0 Å². The molecule has 0 radical (unpaired) electrons. The number of anilines is 2. The Balaban J connectivity index is 3.08. The molecular formula is C13H15N3O4. The van der Waals surface area contributed by atoms with Crippen molar-refractivity contribution in [1.82, 2.24) is 4.98 Å². The lowest BCUT2D eigenvalue weighted by atomic mass is 10.3. The van der Waals surface area contributed by atoms with Gasteiger partial charge in [-0.05, 0) is 18.2 Å². The molecule has 0 atom stereocenters. The number of ether oxygens (including phenoxy) is 1. The molecule has 0 bridgehead atoms. The predicted octanol–water partition coefficient (Wildman–Crippen LogP) is 0.384. The fraction of sp³-hybridized carbons (Fsp3) is 0.231. The summed E-state index contributed by atoms with van der Waals surface area (Å²) in [5, 5.41) is 2.56. The predicted molar refractivity (Wildman–Crippen MR) is 73.4 cm³/mol. The average molecular weight is 277 g/mol. The molecule has 1 heterocycles. The molecule has 1 aromatic rings. The first-order valence-corrected chi connectivity index (χ1v) is 5.75. The fourth-order valence-corrected chi connectivity index (χ4v) is 1.49. The van der Waals surface area contributed by atoms with Crippen LogP contribution >= 0.6 is 0 Å². The van der Waals surface area contributed by atoms with E-state index in [-0.39, 0.29) is 24.9 Å². The van der Waals surface area contributed by atoms with Crippen molar-refractivity contribution in [3.05, 3.63) is 31.0 Å². The van der Waals surface area contributed by atoms with Crippen LogP contribution in [0.25, 0.3) is 0 Å². The van der Waals surface area contributed by atoms with Crippen molar-refractivity contribution in [2.24, 2.45) is 0 Å². The van der Waals surface area contributed by atoms with Gasteiger partial charge in [-0.3, -0.25) is 14.5 Å². The fourth-order valence-electron chi connectivity index (χ4n) is 1.49. The van der Waals surface area contributed by atoms with Crippen LogP contribution in [0, 0.1) is 0 Å². The van der Waals surface area contributed by atoms with Gasteiger partial charge in [-0.1, -0.05) is 6.58 Å². The highest BCUT2D eigenvalue weighted by molar-refractivity contribution is 6.05. The molecule has 1 aromatic heterocycles. The van der Waals surface area contributed by atoms with Gasteiger partial charge in [0.15, 0.2) is 5.82 Å². The van der Waals surface area contributed by atoms with Gasteiger partial charge < -0.3 is 14.8 Å². The number of pyridine rings is 1. The zero-order chi connectivity index (χ0) is 15.0. The monoisotopic (exact) mass is 277 g/mol. The third-order valence-electron chi connectivity index (χ3n) is 2.29. The smallest absolute Gasteiger partial charge is 0.252 e. The zero-order valence-electron chi connectivity index (χ0n) is 11.0. The largest absolute Gasteiger partial charge is 0.375 e. The molecule has 1 rings (SSSR count). The van der Waals surface area contributed by atoms with Gasteiger partial charge in [0.25, 0.3) is 5.91 Å². The number of aromatic nitrogens is 1. The number of nitrogens with one attached hydrogen (secondary N) is 1. The molecule has 1 N–H and O–H groups in total. The molecule has 0 unspecified atom stereocenters. The number of aldehydes is 1. The van der Waals surface area contributed by atoms with Crippen LogP contribution < -0.4 is 10.2 Å². The summed E-state index contributed by atoms with van der Waals surface area (Å²) in [6.45, 7) is 3.05. The quantitative estimate of drug-likeness (QED) is 0.575. The third-order valence-corrected chi connectivity index (χ3v) is 2.29. The summed E-state index contributed by atoms with van der Waals surface area (Å²) < 4.78 is 4.71. The molecule has 0 aliphatic heterocycles. The number of carbonyl (C=O) groups excluding carboxylic acids is 3. The lowest BCUT2D eigenvalue weighted by Gasteiger charge is -2.20. The van der Waals surface area contributed by atoms with Crippen LogP contribution in [0.4, 0.5) is 11.5 Å². The van der Waals surface area contributed by atoms with E-state index in [1.54, 1.807) is 12.1 Å². The molecule has 2 amide bonds. The van der Waals surface area contributed by atoms with Gasteiger partial charge >= 0.3 is 0 Å². The van der Waals surface area contributed by atoms with Crippen molar-refractivity contribution in [2.75, 3.05) is 30.5 Å². The summed E-state index contributed by atoms with van der Waals surface area (Å²) in [5.74, 6) is -0.703. The first-order valence-electron chi connectivity index (χ1n) is 5.75. The molecule has 0 spiro atoms. The van der Waals surface area contributed by atoms with Crippen LogP contribution in [0.2, 0.25) is 0 Å². The molecule has 0 fully saturated rings. The van der Waals surface area contributed by atoms with E-state index in [1.807, 2.05) is 0 Å². The van der Waals surface area contributed by atoms with Crippen molar-refractivity contribution < 1.29 is 19.1 Å². The number of rotatable bonds is 7. The Morgan fingerprint density at radius 2 is 2.30 bits per heavy atom. The Kier molecular flexibility index (Phi) is 6.05. The van der Waals surface area contributed by atoms with Crippen molar-refractivity contribution >= 4 is 29.6 Å². The van der Waals surface area contributed by atoms with Crippen molar-refractivity contribution in [3.8, 4) is 0 Å². The van der Waals surface area contributed by atoms with Crippen LogP contribution in [0.1, 0.15) is 0 Å². The number of hydrogen-bond acceptors (Lipinski definition) is 5. The van der Waals surface area contributed by atoms with E-state index < -0.39 is 5.91 Å². The summed E-state index contributed by atoms with van der Waals surface area (Å²) in [6.07, 6.45) is 3.09. The van der Waals surface area contributed by atoms with Crippen LogP contribution in [-0.2, 0) is 19.1 Å². The minimum Gasteiger partial charge on any atom is -0.375 e. The SMILES string of the molecule is C=CC(=O)N(CC=O)c1ncccc1NC(=O)COC. The summed E-state index contributed by atoms with van der Waals surface area (Å²) in [4.78, 5) is 39.1. The molecule has 106 valence electrons. The lowest BCUT2D eigenvalue weighted by Crippen LogP contribution is -2.33. The highest BCUT2D eigenvalue weighted by Gasteiger charge is 2.18. The Morgan fingerprint density at radius 3 is 2.90 bits per heavy atom. The average Bonchev–Trinajstić information content (AvgIpc) is 2.45. The summed E-state index contributed by atoms with van der Waals surface area (Å²) >= 11 is 0. The second-order valence-corrected chi connectivity index (χ2v) is 3.68. The van der Waals surface area contributed by atoms with E-state index in [4.69, 9.17) is 4.74 Å². The van der Waals surface area contributed by atoms with E-state index in [1.165, 1.54) is 13.3 Å². The highest BCUT2D eigenvalue weighted by Crippen LogP contribution is 2.22. The Hall–Kier alpha value is -2.54. The minimum atomic E-state index is -0.488. The summed E-state index contributed by atoms with van der Waals surface area (Å²) in [6, 6.07) is 3.17. The van der Waals surface area contributed by atoms with E-state index in [0.717, 1.165) is 11.0 Å². The van der Waals surface area contributed by atoms with Crippen LogP contribution in [0.5, 0.6) is 0 Å². The van der Waals surface area contributed by atoms with Crippen molar-refractivity contribution in [2.45, 2.75) is 0 Å². The molecule has 0 saturated carbocycles. The Labute approximate surface area is 116 Å². The Bertz CT molecular complexity index is 516. The van der Waals surface area contributed by atoms with Gasteiger partial charge in [0.1, 0.15) is 12.9 Å². The van der Waals surface area contributed by atoms with Gasteiger partial charge in [0.2, 0.25) is 5.91 Å². The number of nitrogens with zero attached hydrogens (tertiary/aromatic N) is 2. The number of hydrogen-bond donors (Lipinski definition) is 1. The second-order valence-electron chi connectivity index (χ2n) is 3.68. The van der Waals surface area contributed by atoms with Gasteiger partial charge in [0.05, 0.1) is 12.2 Å². The van der Waals surface area contributed by atoms with Gasteiger partial charge in [0, 0.05) is 13.3 Å². The van der Waals surface area contributed by atoms with E-state index in [0.29, 0.717) is 12.0 Å².